The smallest absolute Gasteiger partial charge is 0.320 e. The van der Waals surface area contributed by atoms with Crippen molar-refractivity contribution in [1.29, 1.82) is 0 Å². The van der Waals surface area contributed by atoms with Crippen molar-refractivity contribution < 1.29 is 14.3 Å². The largest absolute Gasteiger partial charge is 0.459 e. The second kappa shape index (κ2) is 10.4. The van der Waals surface area contributed by atoms with E-state index in [9.17, 15) is 9.59 Å². The molecule has 1 aliphatic heterocycles. The summed E-state index contributed by atoms with van der Waals surface area (Å²) in [6, 6.07) is 5.47. The fraction of sp³-hybridized carbons (Fsp3) is 0.522. The predicted molar refractivity (Wildman–Crippen MR) is 126 cm³/mol. The summed E-state index contributed by atoms with van der Waals surface area (Å²) in [4.78, 5) is 30.4. The number of carbonyl (C=O) groups is 2. The van der Waals surface area contributed by atoms with Crippen LogP contribution in [0.4, 0.5) is 0 Å². The van der Waals surface area contributed by atoms with Crippen molar-refractivity contribution in [3.05, 3.63) is 46.2 Å². The monoisotopic (exact) mass is 474 g/mol. The molecule has 9 nitrogen and oxygen atoms in total. The quantitative estimate of drug-likeness (QED) is 0.469. The molecule has 1 aliphatic rings. The van der Waals surface area contributed by atoms with Gasteiger partial charge in [-0.05, 0) is 69.2 Å². The summed E-state index contributed by atoms with van der Waals surface area (Å²) in [7, 11) is 0. The fourth-order valence-electron chi connectivity index (χ4n) is 3.73. The molecule has 0 aliphatic carbocycles. The minimum atomic E-state index is -0.505. The minimum Gasteiger partial charge on any atom is -0.459 e. The Labute approximate surface area is 199 Å². The molecule has 33 heavy (non-hydrogen) atoms. The highest BCUT2D eigenvalue weighted by atomic mass is 35.5. The van der Waals surface area contributed by atoms with Crippen molar-refractivity contribution in [3.63, 3.8) is 0 Å². The molecule has 1 atom stereocenters. The molecule has 178 valence electrons. The zero-order valence-electron chi connectivity index (χ0n) is 19.8. The lowest BCUT2D eigenvalue weighted by atomic mass is 10.1. The van der Waals surface area contributed by atoms with Crippen LogP contribution >= 0.6 is 11.6 Å². The second-order valence-corrected chi connectivity index (χ2v) is 9.68. The van der Waals surface area contributed by atoms with Crippen LogP contribution in [0.1, 0.15) is 44.6 Å². The van der Waals surface area contributed by atoms with E-state index in [1.54, 1.807) is 25.1 Å². The molecule has 1 saturated heterocycles. The van der Waals surface area contributed by atoms with Crippen molar-refractivity contribution in [3.8, 4) is 0 Å². The van der Waals surface area contributed by atoms with Crippen molar-refractivity contribution in [1.82, 2.24) is 30.0 Å². The maximum absolute atomic E-state index is 12.9. The number of aromatic nitrogens is 4. The van der Waals surface area contributed by atoms with E-state index in [0.717, 1.165) is 11.1 Å². The number of rotatable bonds is 6. The van der Waals surface area contributed by atoms with Gasteiger partial charge in [0.25, 0.3) is 0 Å². The van der Waals surface area contributed by atoms with Gasteiger partial charge in [-0.3, -0.25) is 14.5 Å². The van der Waals surface area contributed by atoms with Crippen LogP contribution < -0.4 is 0 Å². The van der Waals surface area contributed by atoms with E-state index in [1.807, 2.05) is 49.6 Å². The molecule has 0 N–H and O–H groups in total. The van der Waals surface area contributed by atoms with Crippen LogP contribution in [0, 0.1) is 6.92 Å². The predicted octanol–water partition coefficient (Wildman–Crippen LogP) is 2.57. The van der Waals surface area contributed by atoms with Gasteiger partial charge in [0.15, 0.2) is 5.82 Å². The number of esters is 1. The number of amides is 1. The number of tetrazole rings is 1. The Morgan fingerprint density at radius 2 is 2.03 bits per heavy atom. The molecule has 0 radical (unpaired) electrons. The lowest BCUT2D eigenvalue weighted by molar-refractivity contribution is -0.156. The van der Waals surface area contributed by atoms with Gasteiger partial charge in [-0.15, -0.1) is 10.2 Å². The van der Waals surface area contributed by atoms with Crippen LogP contribution in [0.2, 0.25) is 5.02 Å². The lowest BCUT2D eigenvalue weighted by Gasteiger charge is -2.39. The maximum Gasteiger partial charge on any atom is 0.320 e. The summed E-state index contributed by atoms with van der Waals surface area (Å²) in [5.41, 5.74) is 1.24. The summed E-state index contributed by atoms with van der Waals surface area (Å²) in [6.07, 6.45) is 3.37. The Hall–Kier alpha value is -2.78. The van der Waals surface area contributed by atoms with Crippen LogP contribution in [0.15, 0.2) is 24.3 Å². The molecule has 1 amide bonds. The highest BCUT2D eigenvalue weighted by molar-refractivity contribution is 6.30. The number of carbonyl (C=O) groups excluding carboxylic acids is 2. The molecule has 1 unspecified atom stereocenters. The van der Waals surface area contributed by atoms with E-state index in [4.69, 9.17) is 16.3 Å². The molecule has 0 bridgehead atoms. The summed E-state index contributed by atoms with van der Waals surface area (Å²) in [5, 5.41) is 12.7. The minimum absolute atomic E-state index is 0.0228. The van der Waals surface area contributed by atoms with Crippen molar-refractivity contribution >= 4 is 29.6 Å². The molecule has 1 aromatic heterocycles. The van der Waals surface area contributed by atoms with Gasteiger partial charge in [-0.1, -0.05) is 17.7 Å². The normalized spacial score (nSPS) is 17.5. The molecule has 0 spiro atoms. The number of benzene rings is 1. The molecule has 2 aromatic rings. The van der Waals surface area contributed by atoms with Gasteiger partial charge in [0.2, 0.25) is 5.91 Å². The Bertz CT molecular complexity index is 1030. The number of ether oxygens (including phenoxy) is 1. The first kappa shape index (κ1) is 24.9. The van der Waals surface area contributed by atoms with Crippen molar-refractivity contribution in [2.75, 3.05) is 26.2 Å². The number of hydrogen-bond donors (Lipinski definition) is 0. The average molecular weight is 475 g/mol. The van der Waals surface area contributed by atoms with E-state index < -0.39 is 5.60 Å². The Kier molecular flexibility index (Phi) is 7.86. The third-order valence-electron chi connectivity index (χ3n) is 5.14. The first-order valence-corrected chi connectivity index (χ1v) is 11.3. The van der Waals surface area contributed by atoms with E-state index in [0.29, 0.717) is 37.0 Å². The number of aryl methyl sites for hydroxylation is 1. The number of hydrogen-bond acceptors (Lipinski definition) is 7. The Balaban J connectivity index is 1.61. The SMILES string of the molecule is Cc1nnn(Cc2cc(Cl)ccc2/C=C/C(=O)N2CCN(CC(=O)OC(C)(C)C)CC2C)n1. The van der Waals surface area contributed by atoms with Crippen LogP contribution in [0.3, 0.4) is 0 Å². The molecule has 10 heteroatoms. The second-order valence-electron chi connectivity index (χ2n) is 9.25. The van der Waals surface area contributed by atoms with Crippen LogP contribution in [-0.4, -0.2) is 79.7 Å². The number of halogens is 1. The first-order valence-electron chi connectivity index (χ1n) is 11.0. The fourth-order valence-corrected chi connectivity index (χ4v) is 3.93. The zero-order valence-corrected chi connectivity index (χ0v) is 20.5. The van der Waals surface area contributed by atoms with Crippen molar-refractivity contribution in [2.24, 2.45) is 0 Å². The maximum atomic E-state index is 12.9. The lowest BCUT2D eigenvalue weighted by Crippen LogP contribution is -2.54. The summed E-state index contributed by atoms with van der Waals surface area (Å²) >= 11 is 6.17. The Morgan fingerprint density at radius 3 is 2.67 bits per heavy atom. The highest BCUT2D eigenvalue weighted by Crippen LogP contribution is 2.19. The zero-order chi connectivity index (χ0) is 24.2. The molecular formula is C23H31ClN6O3. The van der Waals surface area contributed by atoms with Gasteiger partial charge in [-0.2, -0.15) is 4.80 Å². The summed E-state index contributed by atoms with van der Waals surface area (Å²) in [5.74, 6) is 0.265. The molecule has 1 aromatic carbocycles. The van der Waals surface area contributed by atoms with Gasteiger partial charge in [0.05, 0.1) is 13.1 Å². The van der Waals surface area contributed by atoms with Gasteiger partial charge in [-0.25, -0.2) is 0 Å². The molecule has 0 saturated carbocycles. The van der Waals surface area contributed by atoms with Gasteiger partial charge >= 0.3 is 5.97 Å². The Morgan fingerprint density at radius 1 is 1.27 bits per heavy atom. The van der Waals surface area contributed by atoms with Gasteiger partial charge < -0.3 is 9.64 Å². The molecule has 2 heterocycles. The summed E-state index contributed by atoms with van der Waals surface area (Å²) in [6.45, 7) is 11.7. The number of nitrogens with zero attached hydrogens (tertiary/aromatic N) is 6. The van der Waals surface area contributed by atoms with Gasteiger partial charge in [0.1, 0.15) is 5.60 Å². The van der Waals surface area contributed by atoms with Crippen LogP contribution in [0.25, 0.3) is 6.08 Å². The standard InChI is InChI=1S/C23H31ClN6O3/c1-16-13-28(15-22(32)33-23(3,4)5)10-11-29(16)21(31)9-7-18-6-8-20(24)12-19(18)14-30-26-17(2)25-27-30/h6-9,12,16H,10-11,13-15H2,1-5H3/b9-7+. The topological polar surface area (TPSA) is 93.5 Å². The summed E-state index contributed by atoms with van der Waals surface area (Å²) < 4.78 is 5.40. The average Bonchev–Trinajstić information content (AvgIpc) is 3.10. The highest BCUT2D eigenvalue weighted by Gasteiger charge is 2.28. The van der Waals surface area contributed by atoms with Crippen molar-refractivity contribution in [2.45, 2.75) is 52.8 Å². The van der Waals surface area contributed by atoms with E-state index in [2.05, 4.69) is 15.4 Å². The molecular weight excluding hydrogens is 444 g/mol. The molecule has 1 fully saturated rings. The first-order chi connectivity index (χ1) is 15.5. The molecule has 3 rings (SSSR count). The number of piperazine rings is 1. The third kappa shape index (κ3) is 7.36. The van der Waals surface area contributed by atoms with Crippen LogP contribution in [0.5, 0.6) is 0 Å². The van der Waals surface area contributed by atoms with E-state index in [-0.39, 0.29) is 24.5 Å². The van der Waals surface area contributed by atoms with E-state index in [1.165, 1.54) is 4.80 Å². The van der Waals surface area contributed by atoms with E-state index >= 15 is 0 Å². The van der Waals surface area contributed by atoms with Gasteiger partial charge in [0, 0.05) is 36.8 Å². The van der Waals surface area contributed by atoms with Crippen LogP contribution in [-0.2, 0) is 20.9 Å². The third-order valence-corrected chi connectivity index (χ3v) is 5.38.